The van der Waals surface area contributed by atoms with Crippen LogP contribution in [0.25, 0.3) is 5.52 Å². The van der Waals surface area contributed by atoms with Crippen molar-refractivity contribution in [3.8, 4) is 5.75 Å². The Morgan fingerprint density at radius 2 is 1.84 bits per heavy atom. The van der Waals surface area contributed by atoms with Crippen LogP contribution in [0.3, 0.4) is 0 Å². The third kappa shape index (κ3) is 4.65. The summed E-state index contributed by atoms with van der Waals surface area (Å²) in [6.45, 7) is 4.60. The zero-order valence-corrected chi connectivity index (χ0v) is 22.5. The molecule has 0 saturated heterocycles. The van der Waals surface area contributed by atoms with Gasteiger partial charge in [-0.25, -0.2) is 13.9 Å². The molecule has 0 spiro atoms. The first-order valence-corrected chi connectivity index (χ1v) is 12.9. The van der Waals surface area contributed by atoms with Gasteiger partial charge in [0, 0.05) is 17.7 Å². The monoisotopic (exact) mass is 530 g/mol. The number of hydrogen-bond donors (Lipinski definition) is 1. The fourth-order valence-corrected chi connectivity index (χ4v) is 5.07. The maximum absolute atomic E-state index is 15.2. The van der Waals surface area contributed by atoms with E-state index < -0.39 is 11.8 Å². The number of nitrogens with zero attached hydrogens (tertiary/aromatic N) is 5. The maximum atomic E-state index is 15.2. The SMILES string of the molecule is CCc1c(C(c2ccccc2F)c2ccccc2P)nn2cc(OC)c(C(=O)Nc3ncn(CC)n3)cc12. The second-order valence-electron chi connectivity index (χ2n) is 8.76. The van der Waals surface area contributed by atoms with Gasteiger partial charge in [-0.3, -0.25) is 14.8 Å². The summed E-state index contributed by atoms with van der Waals surface area (Å²) >= 11 is 0. The molecule has 0 fully saturated rings. The van der Waals surface area contributed by atoms with Gasteiger partial charge in [0.25, 0.3) is 5.91 Å². The Morgan fingerprint density at radius 3 is 2.50 bits per heavy atom. The number of pyridine rings is 1. The van der Waals surface area contributed by atoms with Crippen molar-refractivity contribution in [1.82, 2.24) is 24.4 Å². The Balaban J connectivity index is 1.68. The fraction of sp³-hybridized carbons (Fsp3) is 0.214. The molecule has 3 aromatic heterocycles. The third-order valence-electron chi connectivity index (χ3n) is 6.57. The molecule has 0 radical (unpaired) electrons. The van der Waals surface area contributed by atoms with E-state index in [9.17, 15) is 4.79 Å². The number of aromatic nitrogens is 5. The minimum atomic E-state index is -0.453. The number of amides is 1. The van der Waals surface area contributed by atoms with Gasteiger partial charge in [0.1, 0.15) is 17.9 Å². The molecular weight excluding hydrogens is 502 g/mol. The molecule has 1 amide bonds. The molecule has 8 nitrogen and oxygen atoms in total. The highest BCUT2D eigenvalue weighted by Gasteiger charge is 2.28. The zero-order valence-electron chi connectivity index (χ0n) is 21.4. The smallest absolute Gasteiger partial charge is 0.261 e. The number of carbonyl (C=O) groups is 1. The third-order valence-corrected chi connectivity index (χ3v) is 7.09. The molecule has 5 aromatic rings. The van der Waals surface area contributed by atoms with Crippen LogP contribution in [0.2, 0.25) is 0 Å². The van der Waals surface area contributed by atoms with Crippen molar-refractivity contribution >= 4 is 31.9 Å². The van der Waals surface area contributed by atoms with Crippen LogP contribution < -0.4 is 15.4 Å². The number of nitrogens with one attached hydrogen (secondary N) is 1. The summed E-state index contributed by atoms with van der Waals surface area (Å²) in [7, 11) is 4.25. The van der Waals surface area contributed by atoms with E-state index in [1.54, 1.807) is 39.9 Å². The number of rotatable bonds is 8. The first-order valence-electron chi connectivity index (χ1n) is 12.3. The molecule has 0 aliphatic rings. The standard InChI is InChI=1S/C28H28FN6O2P/c1-4-17-22-14-20(27(36)31-28-30-16-34(5-2)33-28)23(37-3)15-35(22)32-26(17)25(18-10-6-8-12-21(18)29)19-11-7-9-13-24(19)38/h6-16,25H,4-5,38H2,1-3H3,(H,31,33,36). The van der Waals surface area contributed by atoms with Gasteiger partial charge in [0.2, 0.25) is 5.95 Å². The summed E-state index contributed by atoms with van der Waals surface area (Å²) in [5, 5.41) is 12.9. The summed E-state index contributed by atoms with van der Waals surface area (Å²) in [6, 6.07) is 16.4. The number of fused-ring (bicyclic) bond motifs is 1. The lowest BCUT2D eigenvalue weighted by atomic mass is 9.85. The van der Waals surface area contributed by atoms with E-state index in [0.29, 0.717) is 29.8 Å². The molecular formula is C28H28FN6O2P. The van der Waals surface area contributed by atoms with E-state index in [1.807, 2.05) is 44.2 Å². The van der Waals surface area contributed by atoms with E-state index in [0.717, 1.165) is 27.6 Å². The molecule has 1 N–H and O–H groups in total. The molecule has 0 bridgehead atoms. The first-order chi connectivity index (χ1) is 18.4. The highest BCUT2D eigenvalue weighted by molar-refractivity contribution is 7.27. The molecule has 10 heteroatoms. The average molecular weight is 531 g/mol. The van der Waals surface area contributed by atoms with Gasteiger partial charge in [0.05, 0.1) is 36.0 Å². The van der Waals surface area contributed by atoms with E-state index in [2.05, 4.69) is 24.6 Å². The highest BCUT2D eigenvalue weighted by atomic mass is 31.0. The quantitative estimate of drug-likeness (QED) is 0.297. The largest absolute Gasteiger partial charge is 0.494 e. The van der Waals surface area contributed by atoms with Crippen LogP contribution in [0.1, 0.15) is 52.5 Å². The fourth-order valence-electron chi connectivity index (χ4n) is 4.69. The van der Waals surface area contributed by atoms with Crippen molar-refractivity contribution < 1.29 is 13.9 Å². The van der Waals surface area contributed by atoms with Crippen molar-refractivity contribution in [2.45, 2.75) is 32.7 Å². The highest BCUT2D eigenvalue weighted by Crippen LogP contribution is 2.37. The molecule has 0 aliphatic carbocycles. The van der Waals surface area contributed by atoms with Gasteiger partial charge in [-0.15, -0.1) is 14.3 Å². The summed E-state index contributed by atoms with van der Waals surface area (Å²) < 4.78 is 24.1. The number of halogens is 1. The Labute approximate surface area is 222 Å². The van der Waals surface area contributed by atoms with Crippen molar-refractivity contribution in [3.63, 3.8) is 0 Å². The lowest BCUT2D eigenvalue weighted by Gasteiger charge is -2.20. The maximum Gasteiger partial charge on any atom is 0.261 e. The first kappa shape index (κ1) is 25.5. The van der Waals surface area contributed by atoms with Crippen molar-refractivity contribution in [1.29, 1.82) is 0 Å². The Hall–Kier alpha value is -4.10. The Morgan fingerprint density at radius 1 is 1.11 bits per heavy atom. The van der Waals surface area contributed by atoms with Crippen LogP contribution in [-0.2, 0) is 13.0 Å². The molecule has 3 heterocycles. The second kappa shape index (κ2) is 10.7. The average Bonchev–Trinajstić information content (AvgIpc) is 3.53. The summed E-state index contributed by atoms with van der Waals surface area (Å²) in [4.78, 5) is 17.4. The van der Waals surface area contributed by atoms with Crippen molar-refractivity contribution in [2.75, 3.05) is 12.4 Å². The van der Waals surface area contributed by atoms with Gasteiger partial charge in [-0.05, 0) is 36.3 Å². The van der Waals surface area contributed by atoms with Gasteiger partial charge in [-0.1, -0.05) is 49.4 Å². The van der Waals surface area contributed by atoms with Gasteiger partial charge in [0.15, 0.2) is 0 Å². The summed E-state index contributed by atoms with van der Waals surface area (Å²) in [6.07, 6.45) is 3.86. The number of hydrogen-bond acceptors (Lipinski definition) is 5. The van der Waals surface area contributed by atoms with Gasteiger partial charge >= 0.3 is 0 Å². The summed E-state index contributed by atoms with van der Waals surface area (Å²) in [5.41, 5.74) is 4.16. The van der Waals surface area contributed by atoms with E-state index in [4.69, 9.17) is 9.84 Å². The second-order valence-corrected chi connectivity index (χ2v) is 9.39. The normalized spacial score (nSPS) is 12.0. The van der Waals surface area contributed by atoms with Gasteiger partial charge in [-0.2, -0.15) is 5.10 Å². The van der Waals surface area contributed by atoms with Crippen LogP contribution in [0.5, 0.6) is 5.75 Å². The van der Waals surface area contributed by atoms with Crippen LogP contribution >= 0.6 is 9.24 Å². The molecule has 0 aliphatic heterocycles. The number of carbonyl (C=O) groups excluding carboxylic acids is 1. The molecule has 194 valence electrons. The van der Waals surface area contributed by atoms with Crippen molar-refractivity contribution in [3.05, 3.63) is 101 Å². The zero-order chi connectivity index (χ0) is 26.8. The number of methoxy groups -OCH3 is 1. The number of benzene rings is 2. The molecule has 2 aromatic carbocycles. The summed E-state index contributed by atoms with van der Waals surface area (Å²) in [5.74, 6) is -0.605. The predicted octanol–water partition coefficient (Wildman–Crippen LogP) is 4.59. The molecule has 0 saturated carbocycles. The van der Waals surface area contributed by atoms with E-state index in [-0.39, 0.29) is 11.8 Å². The minimum Gasteiger partial charge on any atom is -0.494 e. The lowest BCUT2D eigenvalue weighted by Crippen LogP contribution is -2.15. The number of ether oxygens (including phenoxy) is 1. The van der Waals surface area contributed by atoms with Crippen LogP contribution in [0.15, 0.2) is 67.1 Å². The number of aryl methyl sites for hydroxylation is 2. The topological polar surface area (TPSA) is 86.3 Å². The predicted molar refractivity (Wildman–Crippen MR) is 148 cm³/mol. The van der Waals surface area contributed by atoms with Crippen LogP contribution in [0.4, 0.5) is 10.3 Å². The molecule has 2 atom stereocenters. The lowest BCUT2D eigenvalue weighted by molar-refractivity contribution is 0.102. The molecule has 5 rings (SSSR count). The van der Waals surface area contributed by atoms with Crippen molar-refractivity contribution in [2.24, 2.45) is 0 Å². The molecule has 2 unspecified atom stereocenters. The minimum absolute atomic E-state index is 0.209. The Bertz CT molecular complexity index is 1580. The van der Waals surface area contributed by atoms with E-state index in [1.165, 1.54) is 13.2 Å². The number of anilines is 1. The Kier molecular flexibility index (Phi) is 7.20. The van der Waals surface area contributed by atoms with Gasteiger partial charge < -0.3 is 4.74 Å². The van der Waals surface area contributed by atoms with Crippen LogP contribution in [-0.4, -0.2) is 37.4 Å². The van der Waals surface area contributed by atoms with Crippen LogP contribution in [0, 0.1) is 5.82 Å². The molecule has 38 heavy (non-hydrogen) atoms. The van der Waals surface area contributed by atoms with E-state index >= 15 is 4.39 Å².